The van der Waals surface area contributed by atoms with Crippen LogP contribution in [0.4, 0.5) is 0 Å². The molecule has 1 aromatic rings. The average Bonchev–Trinajstić information content (AvgIpc) is 2.55. The standard InChI is InChI=1S/C20H27NO/c1-5-9-15(2)22-17(4)16(3)20-14-19(12-13-21-20)18-10-7-6-8-11-18/h5,9,12-14,18H,2,6-8,10-11H2,1,3-4H3/b9-5-,17-16-. The Bertz CT molecular complexity index is 577. The monoisotopic (exact) mass is 297 g/mol. The first-order valence-electron chi connectivity index (χ1n) is 8.25. The minimum atomic E-state index is 0.655. The van der Waals surface area contributed by atoms with E-state index in [1.54, 1.807) is 0 Å². The number of aromatic nitrogens is 1. The Kier molecular flexibility index (Phi) is 6.00. The molecule has 0 unspecified atom stereocenters. The van der Waals surface area contributed by atoms with Crippen LogP contribution < -0.4 is 0 Å². The predicted octanol–water partition coefficient (Wildman–Crippen LogP) is 5.99. The summed E-state index contributed by atoms with van der Waals surface area (Å²) in [6, 6.07) is 4.40. The lowest BCUT2D eigenvalue weighted by atomic mass is 9.84. The highest BCUT2D eigenvalue weighted by Gasteiger charge is 2.16. The molecule has 0 amide bonds. The van der Waals surface area contributed by atoms with E-state index >= 15 is 0 Å². The van der Waals surface area contributed by atoms with Crippen LogP contribution in [-0.2, 0) is 4.74 Å². The summed E-state index contributed by atoms with van der Waals surface area (Å²) in [5.74, 6) is 2.21. The average molecular weight is 297 g/mol. The van der Waals surface area contributed by atoms with Crippen LogP contribution in [0.2, 0.25) is 0 Å². The van der Waals surface area contributed by atoms with E-state index in [4.69, 9.17) is 4.74 Å². The number of rotatable bonds is 5. The molecule has 0 bridgehead atoms. The highest BCUT2D eigenvalue weighted by Crippen LogP contribution is 2.33. The largest absolute Gasteiger partial charge is 0.462 e. The van der Waals surface area contributed by atoms with Gasteiger partial charge in [0.05, 0.1) is 5.69 Å². The summed E-state index contributed by atoms with van der Waals surface area (Å²) < 4.78 is 5.75. The van der Waals surface area contributed by atoms with Crippen molar-refractivity contribution in [2.75, 3.05) is 0 Å². The lowest BCUT2D eigenvalue weighted by molar-refractivity contribution is 0.326. The van der Waals surface area contributed by atoms with E-state index < -0.39 is 0 Å². The maximum Gasteiger partial charge on any atom is 0.119 e. The van der Waals surface area contributed by atoms with Gasteiger partial charge in [0, 0.05) is 11.8 Å². The molecule has 2 rings (SSSR count). The third kappa shape index (κ3) is 4.33. The molecule has 1 fully saturated rings. The molecule has 0 saturated heterocycles. The minimum Gasteiger partial charge on any atom is -0.462 e. The SMILES string of the molecule is C=C(/C=C\C)O/C(C)=C(/C)c1cc(C2CCCCC2)ccn1. The maximum absolute atomic E-state index is 5.75. The maximum atomic E-state index is 5.75. The van der Waals surface area contributed by atoms with Gasteiger partial charge in [-0.2, -0.15) is 0 Å². The second-order valence-corrected chi connectivity index (χ2v) is 6.06. The molecular weight excluding hydrogens is 270 g/mol. The topological polar surface area (TPSA) is 22.1 Å². The zero-order valence-electron chi connectivity index (χ0n) is 14.1. The van der Waals surface area contributed by atoms with Crippen molar-refractivity contribution in [1.29, 1.82) is 0 Å². The van der Waals surface area contributed by atoms with E-state index in [9.17, 15) is 0 Å². The third-order valence-corrected chi connectivity index (χ3v) is 4.41. The summed E-state index contributed by atoms with van der Waals surface area (Å²) in [4.78, 5) is 4.52. The van der Waals surface area contributed by atoms with E-state index in [1.807, 2.05) is 32.2 Å². The number of ether oxygens (including phenoxy) is 1. The van der Waals surface area contributed by atoms with Crippen molar-refractivity contribution in [2.45, 2.75) is 58.8 Å². The van der Waals surface area contributed by atoms with Gasteiger partial charge in [-0.05, 0) is 63.3 Å². The van der Waals surface area contributed by atoms with Gasteiger partial charge in [0.25, 0.3) is 0 Å². The smallest absolute Gasteiger partial charge is 0.119 e. The van der Waals surface area contributed by atoms with E-state index in [2.05, 4.69) is 30.6 Å². The molecule has 1 saturated carbocycles. The van der Waals surface area contributed by atoms with E-state index in [0.29, 0.717) is 11.7 Å². The van der Waals surface area contributed by atoms with Gasteiger partial charge in [-0.3, -0.25) is 4.98 Å². The van der Waals surface area contributed by atoms with Gasteiger partial charge in [-0.25, -0.2) is 0 Å². The summed E-state index contributed by atoms with van der Waals surface area (Å²) in [5.41, 5.74) is 3.50. The predicted molar refractivity (Wildman–Crippen MR) is 93.4 cm³/mol. The van der Waals surface area contributed by atoms with Crippen LogP contribution in [0.25, 0.3) is 5.57 Å². The van der Waals surface area contributed by atoms with Gasteiger partial charge in [0.2, 0.25) is 0 Å². The van der Waals surface area contributed by atoms with Crippen molar-refractivity contribution < 1.29 is 4.74 Å². The Morgan fingerprint density at radius 3 is 2.68 bits per heavy atom. The Morgan fingerprint density at radius 1 is 1.27 bits per heavy atom. The summed E-state index contributed by atoms with van der Waals surface area (Å²) in [7, 11) is 0. The Labute approximate surface area is 134 Å². The molecule has 1 aliphatic carbocycles. The van der Waals surface area contributed by atoms with Gasteiger partial charge in [-0.1, -0.05) is 31.9 Å². The van der Waals surface area contributed by atoms with Crippen molar-refractivity contribution in [3.63, 3.8) is 0 Å². The fraction of sp³-hybridized carbons (Fsp3) is 0.450. The lowest BCUT2D eigenvalue weighted by Gasteiger charge is -2.22. The minimum absolute atomic E-state index is 0.655. The zero-order chi connectivity index (χ0) is 15.9. The first kappa shape index (κ1) is 16.5. The van der Waals surface area contributed by atoms with Crippen LogP contribution in [0.3, 0.4) is 0 Å². The quantitative estimate of drug-likeness (QED) is 0.492. The van der Waals surface area contributed by atoms with Crippen LogP contribution in [0.15, 0.2) is 48.6 Å². The van der Waals surface area contributed by atoms with E-state index in [0.717, 1.165) is 17.0 Å². The molecule has 2 heteroatoms. The molecule has 0 radical (unpaired) electrons. The van der Waals surface area contributed by atoms with Crippen LogP contribution in [-0.4, -0.2) is 4.98 Å². The van der Waals surface area contributed by atoms with Crippen LogP contribution in [0, 0.1) is 0 Å². The van der Waals surface area contributed by atoms with Crippen LogP contribution in [0.1, 0.15) is 70.1 Å². The second kappa shape index (κ2) is 7.98. The molecule has 118 valence electrons. The van der Waals surface area contributed by atoms with Gasteiger partial charge in [0.15, 0.2) is 0 Å². The van der Waals surface area contributed by atoms with Crippen LogP contribution in [0.5, 0.6) is 0 Å². The molecule has 0 spiro atoms. The molecule has 0 atom stereocenters. The highest BCUT2D eigenvalue weighted by atomic mass is 16.5. The summed E-state index contributed by atoms with van der Waals surface area (Å²) in [6.07, 6.45) is 12.4. The molecule has 1 aliphatic rings. The highest BCUT2D eigenvalue weighted by molar-refractivity contribution is 5.63. The Hall–Kier alpha value is -1.83. The number of pyridine rings is 1. The van der Waals surface area contributed by atoms with Crippen molar-refractivity contribution in [1.82, 2.24) is 4.98 Å². The summed E-state index contributed by atoms with van der Waals surface area (Å²) in [5, 5.41) is 0. The number of hydrogen-bond acceptors (Lipinski definition) is 2. The third-order valence-electron chi connectivity index (χ3n) is 4.41. The van der Waals surface area contributed by atoms with Crippen molar-refractivity contribution in [2.24, 2.45) is 0 Å². The Morgan fingerprint density at radius 2 is 2.00 bits per heavy atom. The van der Waals surface area contributed by atoms with Gasteiger partial charge < -0.3 is 4.74 Å². The first-order valence-corrected chi connectivity index (χ1v) is 8.25. The van der Waals surface area contributed by atoms with Crippen LogP contribution >= 0.6 is 0 Å². The fourth-order valence-electron chi connectivity index (χ4n) is 3.02. The Balaban J connectivity index is 2.18. The molecule has 1 aromatic heterocycles. The van der Waals surface area contributed by atoms with Crippen molar-refractivity contribution in [3.8, 4) is 0 Å². The van der Waals surface area contributed by atoms with E-state index in [1.165, 1.54) is 37.7 Å². The summed E-state index contributed by atoms with van der Waals surface area (Å²) >= 11 is 0. The number of nitrogens with zero attached hydrogens (tertiary/aromatic N) is 1. The van der Waals surface area contributed by atoms with Gasteiger partial charge in [-0.15, -0.1) is 0 Å². The van der Waals surface area contributed by atoms with Gasteiger partial charge in [0.1, 0.15) is 11.5 Å². The van der Waals surface area contributed by atoms with E-state index in [-0.39, 0.29) is 0 Å². The number of allylic oxidation sites excluding steroid dienone is 4. The molecule has 0 aromatic carbocycles. The van der Waals surface area contributed by atoms with Gasteiger partial charge >= 0.3 is 0 Å². The molecule has 1 heterocycles. The normalized spacial score (nSPS) is 17.4. The van der Waals surface area contributed by atoms with Crippen molar-refractivity contribution >= 4 is 5.57 Å². The molecule has 0 N–H and O–H groups in total. The fourth-order valence-corrected chi connectivity index (χ4v) is 3.02. The molecule has 22 heavy (non-hydrogen) atoms. The number of hydrogen-bond donors (Lipinski definition) is 0. The molecular formula is C20H27NO. The zero-order valence-corrected chi connectivity index (χ0v) is 14.1. The second-order valence-electron chi connectivity index (χ2n) is 6.06. The molecule has 0 aliphatic heterocycles. The lowest BCUT2D eigenvalue weighted by Crippen LogP contribution is -2.05. The van der Waals surface area contributed by atoms with Crippen molar-refractivity contribution in [3.05, 3.63) is 59.8 Å². The summed E-state index contributed by atoms with van der Waals surface area (Å²) in [6.45, 7) is 9.87. The molecule has 2 nitrogen and oxygen atoms in total. The first-order chi connectivity index (χ1) is 10.6.